The van der Waals surface area contributed by atoms with Crippen molar-refractivity contribution in [2.75, 3.05) is 26.3 Å². The molecular weight excluding hydrogens is 1150 g/mol. The van der Waals surface area contributed by atoms with E-state index >= 15 is 0 Å². The third-order valence-corrected chi connectivity index (χ3v) is 13.4. The number of hydrogen-bond donors (Lipinski definition) is 20. The molecule has 0 bridgehead atoms. The number of nitrogens with two attached hydrogens (primary N) is 5. The normalized spacial score (nSPS) is 15.5. The van der Waals surface area contributed by atoms with E-state index < -0.39 is 194 Å². The number of aliphatic hydroxyl groups is 3. The molecule has 0 heterocycles. The number of primary amides is 1. The number of carboxylic acids is 2. The molecule has 0 aliphatic heterocycles. The second-order valence-electron chi connectivity index (χ2n) is 20.6. The summed E-state index contributed by atoms with van der Waals surface area (Å²) in [7, 11) is 0. The van der Waals surface area contributed by atoms with Crippen LogP contribution in [0.1, 0.15) is 104 Å². The Morgan fingerprint density at radius 1 is 0.506 bits per heavy atom. The molecule has 87 heavy (non-hydrogen) atoms. The number of carbonyl (C=O) groups excluding carboxylic acids is 11. The van der Waals surface area contributed by atoms with Crippen LogP contribution in [-0.4, -0.2) is 207 Å². The molecule has 0 fully saturated rings. The molecule has 34 nitrogen and oxygen atoms in total. The summed E-state index contributed by atoms with van der Waals surface area (Å²) in [6, 6.07) is -8.81. The van der Waals surface area contributed by atoms with Crippen molar-refractivity contribution in [1.29, 1.82) is 0 Å². The molecule has 0 radical (unpaired) electrons. The summed E-state index contributed by atoms with van der Waals surface area (Å²) >= 11 is 0. The number of unbranched alkanes of at least 4 members (excludes halogenated alkanes) is 1. The number of aliphatic carboxylic acids is 2. The van der Waals surface area contributed by atoms with Gasteiger partial charge in [-0.05, 0) is 83.7 Å². The smallest absolute Gasteiger partial charge is 0.326 e. The predicted molar refractivity (Wildman–Crippen MR) is 310 cm³/mol. The molecule has 11 amide bonds. The Morgan fingerprint density at radius 2 is 0.943 bits per heavy atom. The van der Waals surface area contributed by atoms with Crippen LogP contribution in [0.3, 0.4) is 0 Å². The molecule has 25 N–H and O–H groups in total. The zero-order valence-electron chi connectivity index (χ0n) is 49.4. The Kier molecular flexibility index (Phi) is 35.1. The summed E-state index contributed by atoms with van der Waals surface area (Å²) in [6.45, 7) is 4.98. The van der Waals surface area contributed by atoms with Crippen molar-refractivity contribution >= 4 is 82.9 Å². The number of carbonyl (C=O) groups is 13. The van der Waals surface area contributed by atoms with Crippen molar-refractivity contribution in [1.82, 2.24) is 53.2 Å². The highest BCUT2D eigenvalue weighted by molar-refractivity contribution is 5.99. The van der Waals surface area contributed by atoms with E-state index in [-0.39, 0.29) is 51.2 Å². The molecule has 34 heteroatoms. The highest BCUT2D eigenvalue weighted by Crippen LogP contribution is 2.13. The Labute approximate surface area is 502 Å². The molecule has 0 unspecified atom stereocenters. The summed E-state index contributed by atoms with van der Waals surface area (Å²) in [6.07, 6.45) is -3.26. The van der Waals surface area contributed by atoms with Crippen LogP contribution >= 0.6 is 0 Å². The lowest BCUT2D eigenvalue weighted by atomic mass is 9.96. The number of rotatable bonds is 42. The van der Waals surface area contributed by atoms with Crippen molar-refractivity contribution in [2.24, 2.45) is 39.6 Å². The van der Waals surface area contributed by atoms with Crippen molar-refractivity contribution in [3.8, 4) is 0 Å². The van der Waals surface area contributed by atoms with E-state index in [0.29, 0.717) is 18.4 Å². The number of nitrogens with zero attached hydrogens (tertiary/aromatic N) is 1. The van der Waals surface area contributed by atoms with Crippen LogP contribution in [0.4, 0.5) is 0 Å². The standard InChI is InChI=1S/C53H88N16O18/c1-6-26(2)40(50(84)65-33(16-12-22-59-53(57)58)46(80)64-34(17-19-38(56)73)45(79)60-27(3)43(77)66-36(52(86)87)23-30-13-8-7-9-14-30)68-48(82)35(18-20-39(74)75)62-42(76)28(4)61-51(85)41(29(5)72)69-49(83)37(25-71)67-47(81)32(15-10-11-21-54)63-44(78)31(55)24-70/h7-9,13-14,26-29,31-37,40-41,70-72H,6,10-12,15-25,54-55H2,1-5H3,(H2,56,73)(H,60,79)(H,61,85)(H,62,76)(H,63,78)(H,64,80)(H,65,84)(H,66,77)(H,67,81)(H,68,82)(H,69,83)(H,74,75)(H,86,87)(H4,57,58,59)/t26-,27-,28-,29+,31-,32-,33-,34-,35-,36-,37-,40-,41-/m0/s1. The van der Waals surface area contributed by atoms with Crippen molar-refractivity contribution < 1.29 is 87.9 Å². The predicted octanol–water partition coefficient (Wildman–Crippen LogP) is -7.75. The molecule has 1 aromatic carbocycles. The summed E-state index contributed by atoms with van der Waals surface area (Å²) in [4.78, 5) is 175. The largest absolute Gasteiger partial charge is 0.481 e. The molecule has 1 rings (SSSR count). The van der Waals surface area contributed by atoms with E-state index in [4.69, 9.17) is 28.7 Å². The summed E-state index contributed by atoms with van der Waals surface area (Å²) in [5, 5.41) is 72.8. The van der Waals surface area contributed by atoms with Crippen LogP contribution in [-0.2, 0) is 68.7 Å². The zero-order valence-corrected chi connectivity index (χ0v) is 49.4. The fourth-order valence-corrected chi connectivity index (χ4v) is 7.99. The SMILES string of the molecule is CC[C@H](C)[C@H](NC(=O)[C@H](CCC(=O)O)NC(=O)[C@H](C)NC(=O)[C@@H](NC(=O)[C@H](CO)NC(=O)[C@H](CCCCN)NC(=O)[C@@H](N)CO)[C@@H](C)O)C(=O)N[C@@H](CCCN=C(N)N)C(=O)N[C@@H](CCC(N)=O)C(=O)N[C@@H](C)C(=O)N[C@@H](Cc1ccccc1)C(=O)O. The molecule has 1 aromatic rings. The van der Waals surface area contributed by atoms with Gasteiger partial charge in [0.2, 0.25) is 65.0 Å². The summed E-state index contributed by atoms with van der Waals surface area (Å²) in [5.41, 5.74) is 28.0. The van der Waals surface area contributed by atoms with Gasteiger partial charge in [0.15, 0.2) is 5.96 Å². The van der Waals surface area contributed by atoms with E-state index in [1.165, 1.54) is 13.8 Å². The van der Waals surface area contributed by atoms with Gasteiger partial charge in [-0.1, -0.05) is 50.6 Å². The Morgan fingerprint density at radius 3 is 1.44 bits per heavy atom. The molecule has 13 atom stereocenters. The van der Waals surface area contributed by atoms with Crippen molar-refractivity contribution in [2.45, 2.75) is 178 Å². The first kappa shape index (κ1) is 76.4. The van der Waals surface area contributed by atoms with E-state index in [1.807, 2.05) is 0 Å². The van der Waals surface area contributed by atoms with Crippen LogP contribution < -0.4 is 81.8 Å². The molecular formula is C53H88N16O18. The summed E-state index contributed by atoms with van der Waals surface area (Å²) in [5.74, 6) is -15.2. The molecule has 0 saturated carbocycles. The summed E-state index contributed by atoms with van der Waals surface area (Å²) < 4.78 is 0. The average molecular weight is 1240 g/mol. The number of nitrogens with one attached hydrogen (secondary N) is 10. The average Bonchev–Trinajstić information content (AvgIpc) is 3.60. The molecule has 0 aliphatic rings. The number of aliphatic hydroxyl groups excluding tert-OH is 3. The first-order valence-electron chi connectivity index (χ1n) is 28.1. The van der Waals surface area contributed by atoms with Gasteiger partial charge in [-0.15, -0.1) is 0 Å². The maximum atomic E-state index is 14.3. The van der Waals surface area contributed by atoms with Gasteiger partial charge in [-0.2, -0.15) is 0 Å². The van der Waals surface area contributed by atoms with Crippen LogP contribution in [0.5, 0.6) is 0 Å². The van der Waals surface area contributed by atoms with Gasteiger partial charge in [-0.25, -0.2) is 4.79 Å². The highest BCUT2D eigenvalue weighted by Gasteiger charge is 2.37. The Balaban J connectivity index is 3.42. The topological polar surface area (TPSA) is 586 Å². The van der Waals surface area contributed by atoms with Gasteiger partial charge >= 0.3 is 11.9 Å². The lowest BCUT2D eigenvalue weighted by Crippen LogP contribution is -2.62. The minimum Gasteiger partial charge on any atom is -0.481 e. The van der Waals surface area contributed by atoms with Crippen molar-refractivity contribution in [3.63, 3.8) is 0 Å². The van der Waals surface area contributed by atoms with Gasteiger partial charge < -0.3 is 107 Å². The van der Waals surface area contributed by atoms with Crippen LogP contribution in [0, 0.1) is 5.92 Å². The van der Waals surface area contributed by atoms with Gasteiger partial charge in [-0.3, -0.25) is 62.5 Å². The van der Waals surface area contributed by atoms with Crippen molar-refractivity contribution in [3.05, 3.63) is 35.9 Å². The van der Waals surface area contributed by atoms with Crippen LogP contribution in [0.15, 0.2) is 35.3 Å². The van der Waals surface area contributed by atoms with E-state index in [2.05, 4.69) is 58.2 Å². The van der Waals surface area contributed by atoms with Gasteiger partial charge in [0.25, 0.3) is 0 Å². The third kappa shape index (κ3) is 28.9. The van der Waals surface area contributed by atoms with Gasteiger partial charge in [0, 0.05) is 25.8 Å². The first-order chi connectivity index (χ1) is 40.9. The van der Waals surface area contributed by atoms with E-state index in [9.17, 15) is 87.9 Å². The number of amides is 11. The van der Waals surface area contributed by atoms with Crippen LogP contribution in [0.2, 0.25) is 0 Å². The van der Waals surface area contributed by atoms with E-state index in [1.54, 1.807) is 37.3 Å². The molecule has 488 valence electrons. The van der Waals surface area contributed by atoms with Crippen LogP contribution in [0.25, 0.3) is 0 Å². The number of benzene rings is 1. The number of aliphatic imine (C=N–C) groups is 1. The lowest BCUT2D eigenvalue weighted by Gasteiger charge is -2.29. The highest BCUT2D eigenvalue weighted by atomic mass is 16.4. The monoisotopic (exact) mass is 1240 g/mol. The molecule has 0 spiro atoms. The molecule has 0 aliphatic carbocycles. The quantitative estimate of drug-likeness (QED) is 0.0164. The Bertz CT molecular complexity index is 2520. The molecule has 0 saturated heterocycles. The Hall–Kier alpha value is -8.60. The maximum absolute atomic E-state index is 14.3. The minimum absolute atomic E-state index is 0.000302. The lowest BCUT2D eigenvalue weighted by molar-refractivity contribution is -0.142. The fourth-order valence-electron chi connectivity index (χ4n) is 7.99. The zero-order chi connectivity index (χ0) is 66.1. The number of carboxylic acid groups (broad SMARTS) is 2. The third-order valence-electron chi connectivity index (χ3n) is 13.4. The second kappa shape index (κ2) is 39.9. The second-order valence-corrected chi connectivity index (χ2v) is 20.6. The number of guanidine groups is 1. The van der Waals surface area contributed by atoms with Gasteiger partial charge in [0.05, 0.1) is 19.3 Å². The molecule has 0 aromatic heterocycles. The first-order valence-corrected chi connectivity index (χ1v) is 28.1. The fraction of sp³-hybridized carbons (Fsp3) is 0.623. The maximum Gasteiger partial charge on any atom is 0.326 e. The number of hydrogen-bond acceptors (Lipinski definition) is 19. The van der Waals surface area contributed by atoms with Gasteiger partial charge in [0.1, 0.15) is 66.5 Å². The van der Waals surface area contributed by atoms with E-state index in [0.717, 1.165) is 13.8 Å². The minimum atomic E-state index is -1.87.